The summed E-state index contributed by atoms with van der Waals surface area (Å²) in [6, 6.07) is 14.5. The third-order valence-corrected chi connectivity index (χ3v) is 3.35. The predicted molar refractivity (Wildman–Crippen MR) is 86.2 cm³/mol. The summed E-state index contributed by atoms with van der Waals surface area (Å²) < 4.78 is 5.19. The van der Waals surface area contributed by atoms with Gasteiger partial charge in [0.05, 0.1) is 10.7 Å². The van der Waals surface area contributed by atoms with Crippen LogP contribution in [0.1, 0.15) is 26.3 Å². The maximum atomic E-state index is 11.9. The van der Waals surface area contributed by atoms with Crippen LogP contribution in [0.5, 0.6) is 5.75 Å². The highest BCUT2D eigenvalue weighted by atomic mass is 35.5. The zero-order valence-electron chi connectivity index (χ0n) is 12.3. The highest BCUT2D eigenvalue weighted by molar-refractivity contribution is 6.33. The molecule has 0 saturated heterocycles. The molecule has 21 heavy (non-hydrogen) atoms. The van der Waals surface area contributed by atoms with Gasteiger partial charge in [-0.15, -0.1) is 0 Å². The molecule has 3 nitrogen and oxygen atoms in total. The number of anilines is 1. The quantitative estimate of drug-likeness (QED) is 0.823. The number of halogens is 1. The number of carbonyl (C=O) groups excluding carboxylic acids is 1. The Bertz CT molecular complexity index is 633. The first-order valence-electron chi connectivity index (χ1n) is 6.70. The van der Waals surface area contributed by atoms with E-state index in [2.05, 4.69) is 26.1 Å². The molecule has 0 fully saturated rings. The maximum absolute atomic E-state index is 11.9. The summed E-state index contributed by atoms with van der Waals surface area (Å²) >= 11 is 6.12. The van der Waals surface area contributed by atoms with Crippen LogP contribution in [0.2, 0.25) is 5.02 Å². The van der Waals surface area contributed by atoms with Gasteiger partial charge in [-0.2, -0.15) is 0 Å². The van der Waals surface area contributed by atoms with Crippen LogP contribution >= 0.6 is 11.6 Å². The number of carbonyl (C=O) groups is 1. The summed E-state index contributed by atoms with van der Waals surface area (Å²) in [5, 5.41) is 3.16. The zero-order chi connectivity index (χ0) is 15.5. The fourth-order valence-corrected chi connectivity index (χ4v) is 1.98. The van der Waals surface area contributed by atoms with Crippen molar-refractivity contribution in [2.45, 2.75) is 26.2 Å². The minimum atomic E-state index is -0.561. The second-order valence-electron chi connectivity index (χ2n) is 5.77. The molecular weight excluding hydrogens is 286 g/mol. The van der Waals surface area contributed by atoms with Crippen molar-refractivity contribution in [2.75, 3.05) is 5.32 Å². The molecule has 110 valence electrons. The van der Waals surface area contributed by atoms with Gasteiger partial charge in [-0.1, -0.05) is 56.6 Å². The topological polar surface area (TPSA) is 38.3 Å². The Morgan fingerprint density at radius 3 is 2.38 bits per heavy atom. The van der Waals surface area contributed by atoms with Gasteiger partial charge < -0.3 is 4.74 Å². The Morgan fingerprint density at radius 1 is 1.10 bits per heavy atom. The van der Waals surface area contributed by atoms with E-state index in [0.717, 1.165) is 5.56 Å². The van der Waals surface area contributed by atoms with Gasteiger partial charge in [0.2, 0.25) is 0 Å². The summed E-state index contributed by atoms with van der Waals surface area (Å²) in [6.45, 7) is 6.30. The molecule has 2 aromatic carbocycles. The molecule has 0 bridgehead atoms. The van der Waals surface area contributed by atoms with Gasteiger partial charge in [-0.25, -0.2) is 4.79 Å². The van der Waals surface area contributed by atoms with Crippen molar-refractivity contribution < 1.29 is 9.53 Å². The molecule has 4 heteroatoms. The highest BCUT2D eigenvalue weighted by Gasteiger charge is 2.16. The maximum Gasteiger partial charge on any atom is 0.417 e. The number of ether oxygens (including phenoxy) is 1. The van der Waals surface area contributed by atoms with Crippen LogP contribution in [-0.2, 0) is 5.41 Å². The molecule has 0 saturated carbocycles. The minimum absolute atomic E-state index is 0.0235. The predicted octanol–water partition coefficient (Wildman–Crippen LogP) is 5.25. The Hall–Kier alpha value is -2.00. The van der Waals surface area contributed by atoms with Crippen LogP contribution in [0.25, 0.3) is 0 Å². The Morgan fingerprint density at radius 2 is 1.76 bits per heavy atom. The van der Waals surface area contributed by atoms with Crippen molar-refractivity contribution in [3.63, 3.8) is 0 Å². The SMILES string of the molecule is CC(C)(C)c1ccc(Cl)c(NC(=O)Oc2ccccc2)c1. The molecule has 1 N–H and O–H groups in total. The van der Waals surface area contributed by atoms with Gasteiger partial charge >= 0.3 is 6.09 Å². The van der Waals surface area contributed by atoms with E-state index < -0.39 is 6.09 Å². The van der Waals surface area contributed by atoms with E-state index in [9.17, 15) is 4.79 Å². The van der Waals surface area contributed by atoms with Crippen LogP contribution in [0.3, 0.4) is 0 Å². The number of rotatable bonds is 2. The molecule has 1 amide bonds. The lowest BCUT2D eigenvalue weighted by Crippen LogP contribution is -2.18. The van der Waals surface area contributed by atoms with Crippen LogP contribution in [0.15, 0.2) is 48.5 Å². The van der Waals surface area contributed by atoms with E-state index in [4.69, 9.17) is 16.3 Å². The molecule has 0 aliphatic rings. The molecule has 0 aromatic heterocycles. The standard InChI is InChI=1S/C17H18ClNO2/c1-17(2,3)12-9-10-14(18)15(11-12)19-16(20)21-13-7-5-4-6-8-13/h4-11H,1-3H3,(H,19,20). The number of benzene rings is 2. The van der Waals surface area contributed by atoms with Crippen molar-refractivity contribution in [3.05, 3.63) is 59.1 Å². The summed E-state index contributed by atoms with van der Waals surface area (Å²) in [4.78, 5) is 11.9. The molecule has 0 spiro atoms. The third-order valence-electron chi connectivity index (χ3n) is 3.02. The van der Waals surface area contributed by atoms with E-state index in [1.165, 1.54) is 0 Å². The summed E-state index contributed by atoms with van der Waals surface area (Å²) in [7, 11) is 0. The first kappa shape index (κ1) is 15.4. The van der Waals surface area contributed by atoms with Crippen molar-refractivity contribution >= 4 is 23.4 Å². The van der Waals surface area contributed by atoms with Gasteiger partial charge in [0.25, 0.3) is 0 Å². The molecule has 2 aromatic rings. The van der Waals surface area contributed by atoms with E-state index in [0.29, 0.717) is 16.5 Å². The molecule has 0 unspecified atom stereocenters. The normalized spacial score (nSPS) is 11.0. The molecule has 0 atom stereocenters. The van der Waals surface area contributed by atoms with E-state index in [1.54, 1.807) is 30.3 Å². The number of hydrogen-bond acceptors (Lipinski definition) is 2. The highest BCUT2D eigenvalue weighted by Crippen LogP contribution is 2.30. The number of amides is 1. The molecule has 0 aliphatic heterocycles. The fourth-order valence-electron chi connectivity index (χ4n) is 1.82. The monoisotopic (exact) mass is 303 g/mol. The Balaban J connectivity index is 2.14. The molecule has 0 radical (unpaired) electrons. The van der Waals surface area contributed by atoms with Crippen molar-refractivity contribution in [3.8, 4) is 5.75 Å². The first-order valence-corrected chi connectivity index (χ1v) is 7.08. The van der Waals surface area contributed by atoms with E-state index in [-0.39, 0.29) is 5.41 Å². The van der Waals surface area contributed by atoms with Crippen LogP contribution in [0, 0.1) is 0 Å². The average Bonchev–Trinajstić information content (AvgIpc) is 2.41. The average molecular weight is 304 g/mol. The summed E-state index contributed by atoms with van der Waals surface area (Å²) in [5.74, 6) is 0.484. The zero-order valence-corrected chi connectivity index (χ0v) is 13.1. The van der Waals surface area contributed by atoms with E-state index in [1.807, 2.05) is 18.2 Å². The van der Waals surface area contributed by atoms with Gasteiger partial charge in [0.15, 0.2) is 0 Å². The van der Waals surface area contributed by atoms with Crippen LogP contribution < -0.4 is 10.1 Å². The molecule has 0 aliphatic carbocycles. The smallest absolute Gasteiger partial charge is 0.410 e. The first-order chi connectivity index (χ1) is 9.86. The van der Waals surface area contributed by atoms with Gasteiger partial charge in [-0.05, 0) is 35.2 Å². The van der Waals surface area contributed by atoms with Crippen LogP contribution in [0.4, 0.5) is 10.5 Å². The van der Waals surface area contributed by atoms with Crippen molar-refractivity contribution in [2.24, 2.45) is 0 Å². The van der Waals surface area contributed by atoms with E-state index >= 15 is 0 Å². The lowest BCUT2D eigenvalue weighted by Gasteiger charge is -2.20. The second-order valence-corrected chi connectivity index (χ2v) is 6.18. The lowest BCUT2D eigenvalue weighted by molar-refractivity contribution is 0.215. The summed E-state index contributed by atoms with van der Waals surface area (Å²) in [5.41, 5.74) is 1.61. The van der Waals surface area contributed by atoms with Gasteiger partial charge in [-0.3, -0.25) is 5.32 Å². The fraction of sp³-hybridized carbons (Fsp3) is 0.235. The lowest BCUT2D eigenvalue weighted by atomic mass is 9.87. The summed E-state index contributed by atoms with van der Waals surface area (Å²) in [6.07, 6.45) is -0.561. The Kier molecular flexibility index (Phi) is 4.53. The van der Waals surface area contributed by atoms with Gasteiger partial charge in [0.1, 0.15) is 5.75 Å². The Labute approximate surface area is 129 Å². The van der Waals surface area contributed by atoms with Crippen molar-refractivity contribution in [1.82, 2.24) is 0 Å². The minimum Gasteiger partial charge on any atom is -0.410 e. The second kappa shape index (κ2) is 6.19. The molecule has 2 rings (SSSR count). The number of hydrogen-bond donors (Lipinski definition) is 1. The third kappa shape index (κ3) is 4.23. The number of para-hydroxylation sites is 1. The van der Waals surface area contributed by atoms with Crippen molar-refractivity contribution in [1.29, 1.82) is 0 Å². The van der Waals surface area contributed by atoms with Gasteiger partial charge in [0, 0.05) is 0 Å². The molecular formula is C17H18ClNO2. The number of nitrogens with one attached hydrogen (secondary N) is 1. The van der Waals surface area contributed by atoms with Crippen LogP contribution in [-0.4, -0.2) is 6.09 Å². The largest absolute Gasteiger partial charge is 0.417 e. The molecule has 0 heterocycles.